The van der Waals surface area contributed by atoms with Gasteiger partial charge in [-0.05, 0) is 19.3 Å². The highest BCUT2D eigenvalue weighted by atomic mass is 16.7. The highest BCUT2D eigenvalue weighted by molar-refractivity contribution is 4.79. The molecule has 1 fully saturated rings. The van der Waals surface area contributed by atoms with Crippen molar-refractivity contribution in [2.45, 2.75) is 38.6 Å². The molecule has 68 valence electrons. The predicted octanol–water partition coefficient (Wildman–Crippen LogP) is 1.71. The molecule has 0 aromatic carbocycles. The zero-order chi connectivity index (χ0) is 8.81. The van der Waals surface area contributed by atoms with Crippen LogP contribution in [0.15, 0.2) is 0 Å². The zero-order valence-electron chi connectivity index (χ0n) is 7.62. The molecule has 1 aliphatic heterocycles. The summed E-state index contributed by atoms with van der Waals surface area (Å²) in [6, 6.07) is 2.50. The lowest BCUT2D eigenvalue weighted by atomic mass is 10.1. The van der Waals surface area contributed by atoms with Crippen molar-refractivity contribution in [1.82, 2.24) is 5.06 Å². The summed E-state index contributed by atoms with van der Waals surface area (Å²) in [7, 11) is 0. The maximum Gasteiger partial charge on any atom is 0.0685 e. The molecular formula is C9H16N2O. The van der Waals surface area contributed by atoms with E-state index in [2.05, 4.69) is 13.0 Å². The van der Waals surface area contributed by atoms with E-state index in [0.29, 0.717) is 12.5 Å². The molecule has 0 saturated carbocycles. The van der Waals surface area contributed by atoms with E-state index in [-0.39, 0.29) is 0 Å². The Kier molecular flexibility index (Phi) is 4.06. The Balaban J connectivity index is 2.36. The molecule has 1 atom stereocenters. The van der Waals surface area contributed by atoms with Crippen molar-refractivity contribution < 1.29 is 4.84 Å². The van der Waals surface area contributed by atoms with Crippen LogP contribution in [-0.4, -0.2) is 24.3 Å². The summed E-state index contributed by atoms with van der Waals surface area (Å²) in [5, 5.41) is 10.5. The van der Waals surface area contributed by atoms with Crippen LogP contribution in [0.5, 0.6) is 0 Å². The molecule has 3 nitrogen and oxygen atoms in total. The normalized spacial score (nSPS) is 21.7. The third-order valence-electron chi connectivity index (χ3n) is 2.24. The van der Waals surface area contributed by atoms with E-state index in [1.54, 1.807) is 0 Å². The predicted molar refractivity (Wildman–Crippen MR) is 46.2 cm³/mol. The Morgan fingerprint density at radius 2 is 2.42 bits per heavy atom. The highest BCUT2D eigenvalue weighted by Gasteiger charge is 2.19. The van der Waals surface area contributed by atoms with Gasteiger partial charge >= 0.3 is 0 Å². The standard InChI is InChI=1S/C9H16N2O/c1-2-9(5-6-10)11-7-3-4-8-12-11/h9H,2-5,7-8H2,1H3. The minimum atomic E-state index is 0.301. The van der Waals surface area contributed by atoms with E-state index in [1.165, 1.54) is 6.42 Å². The van der Waals surface area contributed by atoms with Gasteiger partial charge in [0.2, 0.25) is 0 Å². The summed E-state index contributed by atoms with van der Waals surface area (Å²) in [4.78, 5) is 5.47. The van der Waals surface area contributed by atoms with Crippen molar-refractivity contribution in [3.8, 4) is 6.07 Å². The lowest BCUT2D eigenvalue weighted by Gasteiger charge is -2.31. The number of rotatable bonds is 3. The van der Waals surface area contributed by atoms with E-state index in [0.717, 1.165) is 26.0 Å². The van der Waals surface area contributed by atoms with Crippen molar-refractivity contribution in [3.05, 3.63) is 0 Å². The van der Waals surface area contributed by atoms with Gasteiger partial charge in [0, 0.05) is 12.6 Å². The lowest BCUT2D eigenvalue weighted by molar-refractivity contribution is -0.205. The Hall–Kier alpha value is -0.590. The summed E-state index contributed by atoms with van der Waals surface area (Å²) in [5.41, 5.74) is 0. The summed E-state index contributed by atoms with van der Waals surface area (Å²) in [5.74, 6) is 0. The molecule has 1 aliphatic rings. The molecule has 0 amide bonds. The fraction of sp³-hybridized carbons (Fsp3) is 0.889. The van der Waals surface area contributed by atoms with Crippen LogP contribution in [-0.2, 0) is 4.84 Å². The second-order valence-corrected chi connectivity index (χ2v) is 3.11. The third kappa shape index (κ3) is 2.47. The zero-order valence-corrected chi connectivity index (χ0v) is 7.62. The Labute approximate surface area is 73.9 Å². The summed E-state index contributed by atoms with van der Waals surface area (Å²) in [6.07, 6.45) is 3.92. The van der Waals surface area contributed by atoms with Gasteiger partial charge in [-0.15, -0.1) is 0 Å². The van der Waals surface area contributed by atoms with E-state index < -0.39 is 0 Å². The van der Waals surface area contributed by atoms with Crippen molar-refractivity contribution >= 4 is 0 Å². The largest absolute Gasteiger partial charge is 0.299 e. The van der Waals surface area contributed by atoms with Gasteiger partial charge < -0.3 is 0 Å². The molecule has 1 saturated heterocycles. The third-order valence-corrected chi connectivity index (χ3v) is 2.24. The van der Waals surface area contributed by atoms with Gasteiger partial charge in [-0.25, -0.2) is 0 Å². The first-order chi connectivity index (χ1) is 5.88. The van der Waals surface area contributed by atoms with Crippen molar-refractivity contribution in [2.24, 2.45) is 0 Å². The van der Waals surface area contributed by atoms with Gasteiger partial charge in [-0.1, -0.05) is 6.92 Å². The molecular weight excluding hydrogens is 152 g/mol. The summed E-state index contributed by atoms with van der Waals surface area (Å²) >= 11 is 0. The van der Waals surface area contributed by atoms with Crippen LogP contribution in [0.1, 0.15) is 32.6 Å². The molecule has 0 radical (unpaired) electrons. The van der Waals surface area contributed by atoms with Crippen LogP contribution in [0.4, 0.5) is 0 Å². The lowest BCUT2D eigenvalue weighted by Crippen LogP contribution is -2.38. The SMILES string of the molecule is CCC(CC#N)N1CCCCO1. The van der Waals surface area contributed by atoms with Gasteiger partial charge in [0.25, 0.3) is 0 Å². The number of hydroxylamine groups is 2. The average Bonchev–Trinajstić information content (AvgIpc) is 2.15. The maximum atomic E-state index is 8.57. The topological polar surface area (TPSA) is 36.3 Å². The van der Waals surface area contributed by atoms with Crippen LogP contribution < -0.4 is 0 Å². The monoisotopic (exact) mass is 168 g/mol. The fourth-order valence-electron chi connectivity index (χ4n) is 1.46. The second-order valence-electron chi connectivity index (χ2n) is 3.11. The molecule has 0 aromatic rings. The quantitative estimate of drug-likeness (QED) is 0.643. The van der Waals surface area contributed by atoms with Crippen LogP contribution in [0, 0.1) is 11.3 Å². The summed E-state index contributed by atoms with van der Waals surface area (Å²) < 4.78 is 0. The van der Waals surface area contributed by atoms with Gasteiger partial charge in [0.15, 0.2) is 0 Å². The molecule has 12 heavy (non-hydrogen) atoms. The van der Waals surface area contributed by atoms with E-state index in [1.807, 2.05) is 5.06 Å². The molecule has 0 N–H and O–H groups in total. The molecule has 0 aliphatic carbocycles. The molecule has 1 heterocycles. The van der Waals surface area contributed by atoms with Gasteiger partial charge in [0.05, 0.1) is 19.1 Å². The molecule has 3 heteroatoms. The van der Waals surface area contributed by atoms with Crippen LogP contribution in [0.2, 0.25) is 0 Å². The Morgan fingerprint density at radius 1 is 1.58 bits per heavy atom. The number of nitriles is 1. The van der Waals surface area contributed by atoms with Gasteiger partial charge in [-0.3, -0.25) is 4.84 Å². The highest BCUT2D eigenvalue weighted by Crippen LogP contribution is 2.14. The van der Waals surface area contributed by atoms with Crippen molar-refractivity contribution in [3.63, 3.8) is 0 Å². The van der Waals surface area contributed by atoms with Gasteiger partial charge in [0.1, 0.15) is 0 Å². The Morgan fingerprint density at radius 3 is 2.92 bits per heavy atom. The minimum Gasteiger partial charge on any atom is -0.299 e. The number of hydrogen-bond donors (Lipinski definition) is 0. The fourth-order valence-corrected chi connectivity index (χ4v) is 1.46. The number of hydrogen-bond acceptors (Lipinski definition) is 3. The maximum absolute atomic E-state index is 8.57. The first-order valence-corrected chi connectivity index (χ1v) is 4.65. The smallest absolute Gasteiger partial charge is 0.0685 e. The van der Waals surface area contributed by atoms with Crippen LogP contribution >= 0.6 is 0 Å². The van der Waals surface area contributed by atoms with E-state index in [4.69, 9.17) is 10.1 Å². The van der Waals surface area contributed by atoms with Crippen LogP contribution in [0.25, 0.3) is 0 Å². The van der Waals surface area contributed by atoms with Gasteiger partial charge in [-0.2, -0.15) is 10.3 Å². The molecule has 0 aromatic heterocycles. The second kappa shape index (κ2) is 5.13. The van der Waals surface area contributed by atoms with Crippen LogP contribution in [0.3, 0.4) is 0 Å². The van der Waals surface area contributed by atoms with E-state index >= 15 is 0 Å². The first kappa shape index (κ1) is 9.50. The van der Waals surface area contributed by atoms with Crippen molar-refractivity contribution in [2.75, 3.05) is 13.2 Å². The Bertz CT molecular complexity index is 158. The average molecular weight is 168 g/mol. The molecule has 1 rings (SSSR count). The minimum absolute atomic E-state index is 0.301. The molecule has 1 unspecified atom stereocenters. The number of nitrogens with zero attached hydrogens (tertiary/aromatic N) is 2. The van der Waals surface area contributed by atoms with E-state index in [9.17, 15) is 0 Å². The summed E-state index contributed by atoms with van der Waals surface area (Å²) in [6.45, 7) is 3.90. The molecule has 0 spiro atoms. The van der Waals surface area contributed by atoms with Crippen molar-refractivity contribution in [1.29, 1.82) is 5.26 Å². The molecule has 0 bridgehead atoms. The first-order valence-electron chi connectivity index (χ1n) is 4.65.